The maximum Gasteiger partial charge on any atom is 0.309 e. The van der Waals surface area contributed by atoms with E-state index in [9.17, 15) is 13.6 Å². The molecule has 1 aromatic carbocycles. The number of piperidine rings is 2. The predicted octanol–water partition coefficient (Wildman–Crippen LogP) is 3.95. The lowest BCUT2D eigenvalue weighted by Gasteiger charge is -2.45. The fraction of sp³-hybridized carbons (Fsp3) is 0.682. The Morgan fingerprint density at radius 3 is 2.32 bits per heavy atom. The topological polar surface area (TPSA) is 32.8 Å². The summed E-state index contributed by atoms with van der Waals surface area (Å²) >= 11 is 0. The Bertz CT molecular complexity index is 652. The SMILES string of the molecule is CC(C)(C)OC(=O)C1CCN(C2CCN(Cc3ccccc3)CC2(F)F)CC1. The number of rotatable bonds is 4. The van der Waals surface area contributed by atoms with Gasteiger partial charge in [0.2, 0.25) is 0 Å². The first-order valence-corrected chi connectivity index (χ1v) is 10.2. The summed E-state index contributed by atoms with van der Waals surface area (Å²) in [5.74, 6) is -3.12. The second-order valence-electron chi connectivity index (χ2n) is 9.11. The number of likely N-dealkylation sites (tertiary alicyclic amines) is 2. The van der Waals surface area contributed by atoms with Gasteiger partial charge in [-0.05, 0) is 58.7 Å². The van der Waals surface area contributed by atoms with Gasteiger partial charge in [0, 0.05) is 13.1 Å². The molecule has 28 heavy (non-hydrogen) atoms. The average Bonchev–Trinajstić information content (AvgIpc) is 2.61. The highest BCUT2D eigenvalue weighted by Crippen LogP contribution is 2.34. The smallest absolute Gasteiger partial charge is 0.309 e. The molecule has 1 aromatic rings. The van der Waals surface area contributed by atoms with Crippen molar-refractivity contribution in [2.24, 2.45) is 5.92 Å². The van der Waals surface area contributed by atoms with E-state index in [2.05, 4.69) is 0 Å². The molecular formula is C22H32F2N2O2. The number of esters is 1. The standard InChI is InChI=1S/C22H32F2N2O2/c1-21(2,3)28-20(27)18-9-13-26(14-10-18)19-11-12-25(16-22(19,23)24)15-17-7-5-4-6-8-17/h4-8,18-19H,9-16H2,1-3H3. The molecule has 0 N–H and O–H groups in total. The monoisotopic (exact) mass is 394 g/mol. The number of nitrogens with zero attached hydrogens (tertiary/aromatic N) is 2. The van der Waals surface area contributed by atoms with Crippen molar-refractivity contribution in [3.8, 4) is 0 Å². The van der Waals surface area contributed by atoms with Crippen LogP contribution in [-0.4, -0.2) is 59.5 Å². The number of benzene rings is 1. The summed E-state index contributed by atoms with van der Waals surface area (Å²) in [6.07, 6.45) is 1.64. The van der Waals surface area contributed by atoms with Crippen LogP contribution in [0.3, 0.4) is 0 Å². The third-order valence-electron chi connectivity index (χ3n) is 5.60. The second-order valence-corrected chi connectivity index (χ2v) is 9.11. The Kier molecular flexibility index (Phi) is 6.40. The summed E-state index contributed by atoms with van der Waals surface area (Å²) < 4.78 is 35.3. The van der Waals surface area contributed by atoms with Crippen LogP contribution < -0.4 is 0 Å². The van der Waals surface area contributed by atoms with E-state index in [1.54, 1.807) is 0 Å². The molecule has 6 heteroatoms. The van der Waals surface area contributed by atoms with Crippen LogP contribution in [0, 0.1) is 5.92 Å². The fourth-order valence-electron chi connectivity index (χ4n) is 4.26. The number of carbonyl (C=O) groups is 1. The van der Waals surface area contributed by atoms with Crippen LogP contribution in [0.5, 0.6) is 0 Å². The molecule has 2 fully saturated rings. The average molecular weight is 395 g/mol. The minimum atomic E-state index is -2.74. The number of carbonyl (C=O) groups excluding carboxylic acids is 1. The van der Waals surface area contributed by atoms with E-state index >= 15 is 0 Å². The molecule has 0 aromatic heterocycles. The maximum atomic E-state index is 14.9. The zero-order valence-electron chi connectivity index (χ0n) is 17.2. The summed E-state index contributed by atoms with van der Waals surface area (Å²) in [6.45, 7) is 7.63. The molecule has 0 radical (unpaired) electrons. The van der Waals surface area contributed by atoms with Gasteiger partial charge in [0.15, 0.2) is 0 Å². The molecule has 2 saturated heterocycles. The van der Waals surface area contributed by atoms with Crippen molar-refractivity contribution in [1.82, 2.24) is 9.80 Å². The first kappa shape index (κ1) is 21.2. The van der Waals surface area contributed by atoms with Gasteiger partial charge in [-0.1, -0.05) is 30.3 Å². The largest absolute Gasteiger partial charge is 0.460 e. The van der Waals surface area contributed by atoms with Crippen molar-refractivity contribution in [1.29, 1.82) is 0 Å². The van der Waals surface area contributed by atoms with Crippen LogP contribution in [0.4, 0.5) is 8.78 Å². The van der Waals surface area contributed by atoms with Crippen molar-refractivity contribution >= 4 is 5.97 Å². The van der Waals surface area contributed by atoms with Crippen molar-refractivity contribution in [2.75, 3.05) is 26.2 Å². The van der Waals surface area contributed by atoms with Crippen LogP contribution in [0.2, 0.25) is 0 Å². The lowest BCUT2D eigenvalue weighted by molar-refractivity contribution is -0.164. The fourth-order valence-corrected chi connectivity index (χ4v) is 4.26. The molecule has 2 aliphatic heterocycles. The van der Waals surface area contributed by atoms with Crippen LogP contribution in [0.15, 0.2) is 30.3 Å². The van der Waals surface area contributed by atoms with Crippen molar-refractivity contribution in [3.05, 3.63) is 35.9 Å². The van der Waals surface area contributed by atoms with Gasteiger partial charge in [-0.3, -0.25) is 14.6 Å². The van der Waals surface area contributed by atoms with Gasteiger partial charge in [-0.25, -0.2) is 8.78 Å². The molecule has 0 bridgehead atoms. The Hall–Kier alpha value is -1.53. The van der Waals surface area contributed by atoms with Gasteiger partial charge in [0.05, 0.1) is 18.5 Å². The molecule has 2 aliphatic rings. The molecule has 0 spiro atoms. The van der Waals surface area contributed by atoms with E-state index in [0.717, 1.165) is 5.56 Å². The number of alkyl halides is 2. The minimum Gasteiger partial charge on any atom is -0.460 e. The molecule has 1 atom stereocenters. The molecule has 0 amide bonds. The van der Waals surface area contributed by atoms with Gasteiger partial charge in [-0.2, -0.15) is 0 Å². The summed E-state index contributed by atoms with van der Waals surface area (Å²) in [7, 11) is 0. The highest BCUT2D eigenvalue weighted by Gasteiger charge is 2.48. The van der Waals surface area contributed by atoms with Crippen molar-refractivity contribution in [3.63, 3.8) is 0 Å². The molecular weight excluding hydrogens is 362 g/mol. The molecule has 156 valence electrons. The molecule has 2 heterocycles. The predicted molar refractivity (Wildman–Crippen MR) is 105 cm³/mol. The maximum absolute atomic E-state index is 14.9. The van der Waals surface area contributed by atoms with E-state index in [1.807, 2.05) is 60.9 Å². The molecule has 0 aliphatic carbocycles. The lowest BCUT2D eigenvalue weighted by atomic mass is 9.91. The molecule has 0 saturated carbocycles. The molecule has 1 unspecified atom stereocenters. The number of hydrogen-bond donors (Lipinski definition) is 0. The normalized spacial score (nSPS) is 24.8. The highest BCUT2D eigenvalue weighted by molar-refractivity contribution is 5.73. The lowest BCUT2D eigenvalue weighted by Crippen LogP contribution is -2.59. The molecule has 3 rings (SSSR count). The van der Waals surface area contributed by atoms with Crippen LogP contribution in [0.1, 0.15) is 45.6 Å². The van der Waals surface area contributed by atoms with Gasteiger partial charge in [0.25, 0.3) is 5.92 Å². The summed E-state index contributed by atoms with van der Waals surface area (Å²) in [6, 6.07) is 9.03. The summed E-state index contributed by atoms with van der Waals surface area (Å²) in [4.78, 5) is 16.0. The third-order valence-corrected chi connectivity index (χ3v) is 5.60. The van der Waals surface area contributed by atoms with E-state index < -0.39 is 17.6 Å². The number of hydrogen-bond acceptors (Lipinski definition) is 4. The summed E-state index contributed by atoms with van der Waals surface area (Å²) in [5, 5.41) is 0. The van der Waals surface area contributed by atoms with Crippen molar-refractivity contribution < 1.29 is 18.3 Å². The first-order chi connectivity index (χ1) is 13.1. The second kappa shape index (κ2) is 8.46. The van der Waals surface area contributed by atoms with E-state index in [-0.39, 0.29) is 18.4 Å². The number of halogens is 2. The Morgan fingerprint density at radius 1 is 1.11 bits per heavy atom. The minimum absolute atomic E-state index is 0.178. The van der Waals surface area contributed by atoms with Gasteiger partial charge in [-0.15, -0.1) is 0 Å². The van der Waals surface area contributed by atoms with Crippen molar-refractivity contribution in [2.45, 2.75) is 64.1 Å². The van der Waals surface area contributed by atoms with Crippen LogP contribution in [-0.2, 0) is 16.1 Å². The zero-order valence-corrected chi connectivity index (χ0v) is 17.2. The van der Waals surface area contributed by atoms with Crippen LogP contribution in [0.25, 0.3) is 0 Å². The van der Waals surface area contributed by atoms with E-state index in [1.165, 1.54) is 0 Å². The quantitative estimate of drug-likeness (QED) is 0.724. The first-order valence-electron chi connectivity index (χ1n) is 10.2. The van der Waals surface area contributed by atoms with Crippen LogP contribution >= 0.6 is 0 Å². The Morgan fingerprint density at radius 2 is 1.75 bits per heavy atom. The Labute approximate surface area is 166 Å². The highest BCUT2D eigenvalue weighted by atomic mass is 19.3. The van der Waals surface area contributed by atoms with E-state index in [0.29, 0.717) is 45.4 Å². The van der Waals surface area contributed by atoms with Gasteiger partial charge >= 0.3 is 5.97 Å². The zero-order chi connectivity index (χ0) is 20.4. The Balaban J connectivity index is 1.52. The molecule has 4 nitrogen and oxygen atoms in total. The van der Waals surface area contributed by atoms with Gasteiger partial charge < -0.3 is 4.74 Å². The van der Waals surface area contributed by atoms with E-state index in [4.69, 9.17) is 4.74 Å². The third kappa shape index (κ3) is 5.51. The summed E-state index contributed by atoms with van der Waals surface area (Å²) in [5.41, 5.74) is 0.558. The van der Waals surface area contributed by atoms with Gasteiger partial charge in [0.1, 0.15) is 5.60 Å². The number of ether oxygens (including phenoxy) is 1.